The van der Waals surface area contributed by atoms with Gasteiger partial charge in [0.2, 0.25) is 5.13 Å². The molecule has 0 aliphatic heterocycles. The Labute approximate surface area is 94.2 Å². The van der Waals surface area contributed by atoms with Gasteiger partial charge in [-0.05, 0) is 41.6 Å². The van der Waals surface area contributed by atoms with Crippen LogP contribution in [-0.4, -0.2) is 22.4 Å². The Kier molecular flexibility index (Phi) is 3.33. The second kappa shape index (κ2) is 4.53. The van der Waals surface area contributed by atoms with Crippen molar-refractivity contribution in [3.63, 3.8) is 0 Å². The number of anilines is 1. The van der Waals surface area contributed by atoms with Gasteiger partial charge in [0.1, 0.15) is 6.17 Å². The first-order valence-electron chi connectivity index (χ1n) is 4.63. The molecule has 0 unspecified atom stereocenters. The van der Waals surface area contributed by atoms with Crippen LogP contribution in [0, 0.1) is 0 Å². The minimum absolute atomic E-state index is 0.363. The summed E-state index contributed by atoms with van der Waals surface area (Å²) in [5.74, 6) is 0. The standard InChI is InChI=1S/C8H11BrFN3S/c9-7-12-13-8(14-7)11-6-3-1-5(10)2-4-6/h5-6H,1-4H2,(H,11,13). The Morgan fingerprint density at radius 1 is 1.29 bits per heavy atom. The lowest BCUT2D eigenvalue weighted by Gasteiger charge is -2.24. The number of nitrogens with one attached hydrogen (secondary N) is 1. The van der Waals surface area contributed by atoms with Crippen molar-refractivity contribution >= 4 is 32.4 Å². The molecule has 0 atom stereocenters. The summed E-state index contributed by atoms with van der Waals surface area (Å²) in [5, 5.41) is 11.9. The van der Waals surface area contributed by atoms with Gasteiger partial charge in [-0.15, -0.1) is 10.2 Å². The molecule has 0 aromatic carbocycles. The third kappa shape index (κ3) is 2.63. The van der Waals surface area contributed by atoms with E-state index in [1.165, 1.54) is 11.3 Å². The Bertz CT molecular complexity index is 299. The van der Waals surface area contributed by atoms with E-state index in [0.29, 0.717) is 18.9 Å². The van der Waals surface area contributed by atoms with Crippen LogP contribution in [-0.2, 0) is 0 Å². The lowest BCUT2D eigenvalue weighted by atomic mass is 9.94. The molecule has 0 bridgehead atoms. The first-order chi connectivity index (χ1) is 6.74. The molecule has 78 valence electrons. The molecule has 0 spiro atoms. The van der Waals surface area contributed by atoms with Crippen LogP contribution in [0.25, 0.3) is 0 Å². The fourth-order valence-corrected chi connectivity index (χ4v) is 2.72. The van der Waals surface area contributed by atoms with E-state index in [9.17, 15) is 4.39 Å². The fourth-order valence-electron chi connectivity index (χ4n) is 1.64. The van der Waals surface area contributed by atoms with Gasteiger partial charge >= 0.3 is 0 Å². The van der Waals surface area contributed by atoms with E-state index in [0.717, 1.165) is 21.9 Å². The molecule has 6 heteroatoms. The molecule has 2 rings (SSSR count). The normalized spacial score (nSPS) is 27.6. The largest absolute Gasteiger partial charge is 0.357 e. The third-order valence-electron chi connectivity index (χ3n) is 2.38. The minimum atomic E-state index is -0.603. The van der Waals surface area contributed by atoms with Gasteiger partial charge in [0.15, 0.2) is 3.92 Å². The summed E-state index contributed by atoms with van der Waals surface area (Å²) in [7, 11) is 0. The van der Waals surface area contributed by atoms with Gasteiger partial charge < -0.3 is 5.32 Å². The summed E-state index contributed by atoms with van der Waals surface area (Å²) in [6.07, 6.45) is 2.50. The number of hydrogen-bond donors (Lipinski definition) is 1. The number of halogens is 2. The van der Waals surface area contributed by atoms with Crippen molar-refractivity contribution in [2.75, 3.05) is 5.32 Å². The van der Waals surface area contributed by atoms with Crippen LogP contribution >= 0.6 is 27.3 Å². The van der Waals surface area contributed by atoms with Gasteiger partial charge in [-0.25, -0.2) is 4.39 Å². The molecule has 0 amide bonds. The zero-order valence-electron chi connectivity index (χ0n) is 7.54. The summed E-state index contributed by atoms with van der Waals surface area (Å²) >= 11 is 4.72. The molecule has 3 nitrogen and oxygen atoms in total. The topological polar surface area (TPSA) is 37.8 Å². The molecule has 1 aromatic heterocycles. The first-order valence-corrected chi connectivity index (χ1v) is 6.24. The van der Waals surface area contributed by atoms with Gasteiger partial charge in [-0.1, -0.05) is 11.3 Å². The highest BCUT2D eigenvalue weighted by Crippen LogP contribution is 2.26. The monoisotopic (exact) mass is 279 g/mol. The van der Waals surface area contributed by atoms with E-state index < -0.39 is 6.17 Å². The molecular weight excluding hydrogens is 269 g/mol. The maximum Gasteiger partial charge on any atom is 0.206 e. The summed E-state index contributed by atoms with van der Waals surface area (Å²) in [6.45, 7) is 0. The first kappa shape index (κ1) is 10.3. The van der Waals surface area contributed by atoms with Crippen LogP contribution in [0.3, 0.4) is 0 Å². The number of alkyl halides is 1. The van der Waals surface area contributed by atoms with Crippen molar-refractivity contribution in [1.82, 2.24) is 10.2 Å². The smallest absolute Gasteiger partial charge is 0.206 e. The molecular formula is C8H11BrFN3S. The van der Waals surface area contributed by atoms with Gasteiger partial charge in [0.05, 0.1) is 0 Å². The van der Waals surface area contributed by atoms with Crippen LogP contribution in [0.4, 0.5) is 9.52 Å². The molecule has 1 aliphatic carbocycles. The van der Waals surface area contributed by atoms with Crippen molar-refractivity contribution in [2.24, 2.45) is 0 Å². The highest BCUT2D eigenvalue weighted by Gasteiger charge is 2.21. The summed E-state index contributed by atoms with van der Waals surface area (Å²) in [6, 6.07) is 0.363. The Morgan fingerprint density at radius 2 is 2.00 bits per heavy atom. The van der Waals surface area contributed by atoms with E-state index in [1.54, 1.807) is 0 Å². The third-order valence-corrected chi connectivity index (χ3v) is 3.67. The van der Waals surface area contributed by atoms with Crippen LogP contribution in [0.1, 0.15) is 25.7 Å². The maximum absolute atomic E-state index is 12.8. The second-order valence-corrected chi connectivity index (χ2v) is 5.71. The Hall–Kier alpha value is -0.230. The van der Waals surface area contributed by atoms with E-state index in [1.807, 2.05) is 0 Å². The molecule has 14 heavy (non-hydrogen) atoms. The SMILES string of the molecule is FC1CCC(Nc2nnc(Br)s2)CC1. The Balaban J connectivity index is 1.86. The molecule has 1 saturated carbocycles. The number of nitrogens with zero attached hydrogens (tertiary/aromatic N) is 2. The van der Waals surface area contributed by atoms with Gasteiger partial charge in [0, 0.05) is 6.04 Å². The number of aromatic nitrogens is 2. The van der Waals surface area contributed by atoms with Gasteiger partial charge in [0.25, 0.3) is 0 Å². The molecule has 0 saturated heterocycles. The molecule has 1 aliphatic rings. The minimum Gasteiger partial charge on any atom is -0.357 e. The van der Waals surface area contributed by atoms with Gasteiger partial charge in [-0.3, -0.25) is 0 Å². The van der Waals surface area contributed by atoms with E-state index in [-0.39, 0.29) is 0 Å². The van der Waals surface area contributed by atoms with E-state index in [2.05, 4.69) is 31.4 Å². The number of rotatable bonds is 2. The van der Waals surface area contributed by atoms with Crippen molar-refractivity contribution in [3.05, 3.63) is 3.92 Å². The van der Waals surface area contributed by atoms with E-state index in [4.69, 9.17) is 0 Å². The zero-order valence-corrected chi connectivity index (χ0v) is 9.94. The Morgan fingerprint density at radius 3 is 2.57 bits per heavy atom. The number of hydrogen-bond acceptors (Lipinski definition) is 4. The summed E-state index contributed by atoms with van der Waals surface area (Å²) < 4.78 is 13.6. The van der Waals surface area contributed by atoms with Crippen LogP contribution in [0.2, 0.25) is 0 Å². The quantitative estimate of drug-likeness (QED) is 0.905. The summed E-state index contributed by atoms with van der Waals surface area (Å²) in [5.41, 5.74) is 0. The van der Waals surface area contributed by atoms with Crippen LogP contribution in [0.15, 0.2) is 3.92 Å². The fraction of sp³-hybridized carbons (Fsp3) is 0.750. The average molecular weight is 280 g/mol. The van der Waals surface area contributed by atoms with Crippen LogP contribution in [0.5, 0.6) is 0 Å². The molecule has 1 heterocycles. The molecule has 0 radical (unpaired) electrons. The maximum atomic E-state index is 12.8. The molecule has 1 fully saturated rings. The van der Waals surface area contributed by atoms with Crippen molar-refractivity contribution in [2.45, 2.75) is 37.9 Å². The lowest BCUT2D eigenvalue weighted by Crippen LogP contribution is -2.26. The second-order valence-electron chi connectivity index (χ2n) is 3.45. The van der Waals surface area contributed by atoms with Crippen LogP contribution < -0.4 is 5.32 Å². The average Bonchev–Trinajstić information content (AvgIpc) is 2.56. The molecule has 1 aromatic rings. The molecule has 1 N–H and O–H groups in total. The lowest BCUT2D eigenvalue weighted by molar-refractivity contribution is 0.241. The van der Waals surface area contributed by atoms with Gasteiger partial charge in [-0.2, -0.15) is 0 Å². The van der Waals surface area contributed by atoms with Crippen molar-refractivity contribution in [3.8, 4) is 0 Å². The van der Waals surface area contributed by atoms with Crippen molar-refractivity contribution < 1.29 is 4.39 Å². The van der Waals surface area contributed by atoms with E-state index >= 15 is 0 Å². The zero-order chi connectivity index (χ0) is 9.97. The predicted octanol–water partition coefficient (Wildman–Crippen LogP) is 2.99. The summed E-state index contributed by atoms with van der Waals surface area (Å²) in [4.78, 5) is 0. The highest BCUT2D eigenvalue weighted by atomic mass is 79.9. The van der Waals surface area contributed by atoms with Crippen molar-refractivity contribution in [1.29, 1.82) is 0 Å². The predicted molar refractivity (Wildman–Crippen MR) is 58.4 cm³/mol. The highest BCUT2D eigenvalue weighted by molar-refractivity contribution is 9.11.